The van der Waals surface area contributed by atoms with Gasteiger partial charge in [0.2, 0.25) is 0 Å². The first-order chi connectivity index (χ1) is 18.2. The van der Waals surface area contributed by atoms with E-state index in [4.69, 9.17) is 9.47 Å². The van der Waals surface area contributed by atoms with Gasteiger partial charge in [-0.05, 0) is 61.2 Å². The van der Waals surface area contributed by atoms with E-state index in [2.05, 4.69) is 21.4 Å². The number of fused-ring (bicyclic) bond motifs is 3. The van der Waals surface area contributed by atoms with E-state index >= 15 is 0 Å². The highest BCUT2D eigenvalue weighted by atomic mass is 19.3. The van der Waals surface area contributed by atoms with Crippen molar-refractivity contribution >= 4 is 23.5 Å². The molecule has 1 fully saturated rings. The molecule has 4 heterocycles. The Bertz CT molecular complexity index is 1360. The van der Waals surface area contributed by atoms with Gasteiger partial charge in [0.25, 0.3) is 11.8 Å². The molecule has 0 bridgehead atoms. The minimum atomic E-state index is -3.14. The number of aromatic nitrogens is 2. The number of anilines is 2. The Hall–Kier alpha value is -3.92. The molecule has 1 saturated heterocycles. The monoisotopic (exact) mass is 522 g/mol. The van der Waals surface area contributed by atoms with Crippen LogP contribution in [0.5, 0.6) is 0 Å². The van der Waals surface area contributed by atoms with E-state index in [1.807, 2.05) is 25.1 Å². The Morgan fingerprint density at radius 3 is 2.82 bits per heavy atom. The topological polar surface area (TPSA) is 93.7 Å². The summed E-state index contributed by atoms with van der Waals surface area (Å²) in [5.41, 5.74) is 3.02. The number of nitrogens with one attached hydrogen (secondary N) is 1. The van der Waals surface area contributed by atoms with Crippen LogP contribution in [0.1, 0.15) is 58.9 Å². The number of pyridine rings is 2. The molecule has 1 aromatic carbocycles. The fourth-order valence-electron chi connectivity index (χ4n) is 4.87. The summed E-state index contributed by atoms with van der Waals surface area (Å²) in [5, 5.41) is 2.77. The second kappa shape index (κ2) is 10.4. The Morgan fingerprint density at radius 2 is 2.03 bits per heavy atom. The largest absolute Gasteiger partial charge is 0.443 e. The Balaban J connectivity index is 1.37. The van der Waals surface area contributed by atoms with Gasteiger partial charge in [0.1, 0.15) is 17.6 Å². The second-order valence-corrected chi connectivity index (χ2v) is 9.54. The van der Waals surface area contributed by atoms with Crippen LogP contribution in [0.2, 0.25) is 0 Å². The molecule has 0 aliphatic carbocycles. The van der Waals surface area contributed by atoms with Crippen LogP contribution in [0.15, 0.2) is 54.9 Å². The normalized spacial score (nSPS) is 19.2. The predicted octanol–water partition coefficient (Wildman–Crippen LogP) is 5.28. The number of benzene rings is 1. The Kier molecular flexibility index (Phi) is 7.07. The van der Waals surface area contributed by atoms with Crippen molar-refractivity contribution in [3.8, 4) is 0 Å². The average Bonchev–Trinajstić information content (AvgIpc) is 3.01. The van der Waals surface area contributed by atoms with Gasteiger partial charge >= 0.3 is 6.09 Å². The summed E-state index contributed by atoms with van der Waals surface area (Å²) in [5.74, 6) is -3.03. The van der Waals surface area contributed by atoms with Crippen molar-refractivity contribution in [2.24, 2.45) is 0 Å². The molecule has 2 amide bonds. The summed E-state index contributed by atoms with van der Waals surface area (Å²) in [7, 11) is 0. The lowest BCUT2D eigenvalue weighted by Gasteiger charge is -2.29. The zero-order valence-electron chi connectivity index (χ0n) is 21.1. The Labute approximate surface area is 219 Å². The van der Waals surface area contributed by atoms with Gasteiger partial charge in [-0.3, -0.25) is 14.7 Å². The molecule has 38 heavy (non-hydrogen) atoms. The van der Waals surface area contributed by atoms with Gasteiger partial charge in [-0.2, -0.15) is 8.78 Å². The molecular formula is C28H28F2N4O4. The molecule has 10 heteroatoms. The smallest absolute Gasteiger partial charge is 0.415 e. The quantitative estimate of drug-likeness (QED) is 0.474. The van der Waals surface area contributed by atoms with Gasteiger partial charge in [0.15, 0.2) is 0 Å². The van der Waals surface area contributed by atoms with Gasteiger partial charge in [-0.25, -0.2) is 9.78 Å². The molecule has 198 valence electrons. The molecule has 2 aliphatic rings. The number of carbonyl (C=O) groups is 2. The molecule has 5 rings (SSSR count). The highest BCUT2D eigenvalue weighted by molar-refractivity contribution is 6.04. The van der Waals surface area contributed by atoms with E-state index < -0.39 is 23.6 Å². The standard InChI is InChI=1S/C28H28F2N4O4/c1-3-34-25-22(21-8-10-37-16-23(21)38-27(34)36)13-18(15-32-25)11-17-5-4-6-20(12-17)33-26(35)19-7-9-31-24(14-19)28(2,29)30/h4-7,9,12-15,21,23H,3,8,10-11,16H2,1-2H3,(H,33,35)/t21-,23-/m1/s1. The van der Waals surface area contributed by atoms with Crippen LogP contribution in [0.3, 0.4) is 0 Å². The van der Waals surface area contributed by atoms with Crippen molar-refractivity contribution in [3.63, 3.8) is 0 Å². The van der Waals surface area contributed by atoms with Crippen molar-refractivity contribution in [2.45, 2.75) is 44.6 Å². The van der Waals surface area contributed by atoms with Crippen LogP contribution in [0.4, 0.5) is 25.1 Å². The first-order valence-corrected chi connectivity index (χ1v) is 12.5. The number of rotatable bonds is 6. The molecule has 1 N–H and O–H groups in total. The minimum Gasteiger partial charge on any atom is -0.443 e. The first kappa shape index (κ1) is 25.7. The number of hydrogen-bond acceptors (Lipinski definition) is 6. The summed E-state index contributed by atoms with van der Waals surface area (Å²) in [6, 6.07) is 11.9. The highest BCUT2D eigenvalue weighted by Crippen LogP contribution is 2.38. The van der Waals surface area contributed by atoms with Crippen LogP contribution < -0.4 is 10.2 Å². The van der Waals surface area contributed by atoms with Gasteiger partial charge in [-0.1, -0.05) is 12.1 Å². The number of ether oxygens (including phenoxy) is 2. The Morgan fingerprint density at radius 1 is 1.18 bits per heavy atom. The molecule has 8 nitrogen and oxygen atoms in total. The molecule has 3 aromatic rings. The van der Waals surface area contributed by atoms with Crippen LogP contribution in [-0.4, -0.2) is 47.8 Å². The molecule has 0 radical (unpaired) electrons. The van der Waals surface area contributed by atoms with E-state index in [9.17, 15) is 18.4 Å². The van der Waals surface area contributed by atoms with Crippen molar-refractivity contribution in [1.82, 2.24) is 9.97 Å². The lowest BCUT2D eigenvalue weighted by atomic mass is 9.88. The summed E-state index contributed by atoms with van der Waals surface area (Å²) in [4.78, 5) is 35.3. The number of alkyl halides is 2. The predicted molar refractivity (Wildman–Crippen MR) is 137 cm³/mol. The van der Waals surface area contributed by atoms with E-state index in [1.165, 1.54) is 12.3 Å². The van der Waals surface area contributed by atoms with Gasteiger partial charge in [-0.15, -0.1) is 0 Å². The molecular weight excluding hydrogens is 494 g/mol. The summed E-state index contributed by atoms with van der Waals surface area (Å²) in [6.45, 7) is 4.01. The summed E-state index contributed by atoms with van der Waals surface area (Å²) >= 11 is 0. The van der Waals surface area contributed by atoms with Crippen LogP contribution in [0.25, 0.3) is 0 Å². The third kappa shape index (κ3) is 5.35. The number of hydrogen-bond donors (Lipinski definition) is 1. The van der Waals surface area contributed by atoms with Crippen LogP contribution in [-0.2, 0) is 21.8 Å². The zero-order valence-corrected chi connectivity index (χ0v) is 21.1. The number of halogens is 2. The van der Waals surface area contributed by atoms with Crippen molar-refractivity contribution in [3.05, 3.63) is 82.8 Å². The fraction of sp³-hybridized carbons (Fsp3) is 0.357. The zero-order chi connectivity index (χ0) is 26.9. The summed E-state index contributed by atoms with van der Waals surface area (Å²) < 4.78 is 38.5. The third-order valence-corrected chi connectivity index (χ3v) is 6.76. The first-order valence-electron chi connectivity index (χ1n) is 12.5. The molecule has 0 unspecified atom stereocenters. The van der Waals surface area contributed by atoms with Crippen molar-refractivity contribution < 1.29 is 27.8 Å². The number of nitrogens with zero attached hydrogens (tertiary/aromatic N) is 3. The van der Waals surface area contributed by atoms with Crippen LogP contribution in [0, 0.1) is 0 Å². The highest BCUT2D eigenvalue weighted by Gasteiger charge is 2.38. The maximum atomic E-state index is 13.6. The van der Waals surface area contributed by atoms with Crippen molar-refractivity contribution in [1.29, 1.82) is 0 Å². The lowest BCUT2D eigenvalue weighted by Crippen LogP contribution is -2.36. The lowest BCUT2D eigenvalue weighted by molar-refractivity contribution is -0.0258. The number of carbonyl (C=O) groups excluding carboxylic acids is 2. The summed E-state index contributed by atoms with van der Waals surface area (Å²) in [6.07, 6.45) is 3.45. The minimum absolute atomic E-state index is 0.00178. The van der Waals surface area contributed by atoms with E-state index in [0.717, 1.165) is 36.1 Å². The van der Waals surface area contributed by atoms with Gasteiger partial charge < -0.3 is 14.8 Å². The van der Waals surface area contributed by atoms with Gasteiger partial charge in [0.05, 0.1) is 6.61 Å². The fourth-order valence-corrected chi connectivity index (χ4v) is 4.87. The molecule has 2 aromatic heterocycles. The average molecular weight is 523 g/mol. The molecule has 0 saturated carbocycles. The molecule has 0 spiro atoms. The van der Waals surface area contributed by atoms with E-state index in [1.54, 1.807) is 17.2 Å². The van der Waals surface area contributed by atoms with Gasteiger partial charge in [0, 0.05) is 55.2 Å². The van der Waals surface area contributed by atoms with E-state index in [-0.39, 0.29) is 17.6 Å². The van der Waals surface area contributed by atoms with Crippen LogP contribution >= 0.6 is 0 Å². The number of amides is 2. The van der Waals surface area contributed by atoms with Crippen molar-refractivity contribution in [2.75, 3.05) is 30.0 Å². The molecule has 2 atom stereocenters. The maximum Gasteiger partial charge on any atom is 0.415 e. The van der Waals surface area contributed by atoms with E-state index in [0.29, 0.717) is 37.7 Å². The SMILES string of the molecule is CCN1C(=O)O[C@@H]2COCC[C@@H]2c2cc(Cc3cccc(NC(=O)c4ccnc(C(C)(F)F)c4)c3)cnc21. The molecule has 2 aliphatic heterocycles. The third-order valence-electron chi connectivity index (χ3n) is 6.76. The second-order valence-electron chi connectivity index (χ2n) is 9.54. The maximum absolute atomic E-state index is 13.6.